The van der Waals surface area contributed by atoms with Gasteiger partial charge in [-0.25, -0.2) is 0 Å². The van der Waals surface area contributed by atoms with Crippen molar-refractivity contribution in [2.75, 3.05) is 0 Å². The number of furan rings is 1. The molecular formula is C64H38OSe. The van der Waals surface area contributed by atoms with Gasteiger partial charge in [0.05, 0.1) is 0 Å². The summed E-state index contributed by atoms with van der Waals surface area (Å²) in [5.41, 5.74) is 14.4. The minimum absolute atomic E-state index is 0.0896. The Kier molecular flexibility index (Phi) is 8.37. The third-order valence-corrected chi connectivity index (χ3v) is 16.4. The summed E-state index contributed by atoms with van der Waals surface area (Å²) in [4.78, 5) is 0. The summed E-state index contributed by atoms with van der Waals surface area (Å²) in [6.45, 7) is 0. The van der Waals surface area contributed by atoms with Crippen LogP contribution in [0.3, 0.4) is 0 Å². The molecule has 0 saturated heterocycles. The molecule has 0 aliphatic rings. The van der Waals surface area contributed by atoms with E-state index in [0.29, 0.717) is 0 Å². The van der Waals surface area contributed by atoms with E-state index in [1.54, 1.807) is 0 Å². The molecule has 2 heteroatoms. The molecule has 0 unspecified atom stereocenters. The molecule has 1 nitrogen and oxygen atoms in total. The molecule has 14 aromatic rings. The second-order valence-corrected chi connectivity index (χ2v) is 19.6. The van der Waals surface area contributed by atoms with Gasteiger partial charge < -0.3 is 0 Å². The number of rotatable bonds is 5. The monoisotopic (exact) mass is 902 g/mol. The molecule has 0 aliphatic heterocycles. The first-order chi connectivity index (χ1) is 32.7. The van der Waals surface area contributed by atoms with E-state index in [1.807, 2.05) is 0 Å². The zero-order valence-corrected chi connectivity index (χ0v) is 37.5. The minimum Gasteiger partial charge on any atom is -0.0617 e. The van der Waals surface area contributed by atoms with Crippen LogP contribution in [0.5, 0.6) is 0 Å². The van der Waals surface area contributed by atoms with Crippen LogP contribution < -0.4 is 0 Å². The Morgan fingerprint density at radius 3 is 1.20 bits per heavy atom. The number of hydrogen-bond acceptors (Lipinski definition) is 1. The van der Waals surface area contributed by atoms with Gasteiger partial charge in [0.2, 0.25) is 0 Å². The Hall–Kier alpha value is -8.00. The van der Waals surface area contributed by atoms with Gasteiger partial charge in [-0.2, -0.15) is 0 Å². The topological polar surface area (TPSA) is 13.1 Å². The second kappa shape index (κ2) is 14.8. The molecule has 2 heterocycles. The molecule has 0 bridgehead atoms. The van der Waals surface area contributed by atoms with Gasteiger partial charge >= 0.3 is 336 Å². The normalized spacial score (nSPS) is 11.9. The van der Waals surface area contributed by atoms with E-state index in [0.717, 1.165) is 21.9 Å². The molecule has 12 aromatic carbocycles. The molecule has 306 valence electrons. The summed E-state index contributed by atoms with van der Waals surface area (Å²) in [6, 6.07) is 85.1. The maximum atomic E-state index is 6.44. The molecular weight excluding hydrogens is 864 g/mol. The summed E-state index contributed by atoms with van der Waals surface area (Å²) in [6.07, 6.45) is 0. The van der Waals surface area contributed by atoms with E-state index in [9.17, 15) is 0 Å². The Morgan fingerprint density at radius 1 is 0.242 bits per heavy atom. The van der Waals surface area contributed by atoms with Gasteiger partial charge in [-0.15, -0.1) is 0 Å². The predicted octanol–water partition coefficient (Wildman–Crippen LogP) is 17.9. The molecule has 2 aromatic heterocycles. The molecule has 0 amide bonds. The van der Waals surface area contributed by atoms with Crippen molar-refractivity contribution in [1.82, 2.24) is 0 Å². The van der Waals surface area contributed by atoms with Gasteiger partial charge in [0.15, 0.2) is 0 Å². The van der Waals surface area contributed by atoms with Crippen LogP contribution in [0, 0.1) is 0 Å². The van der Waals surface area contributed by atoms with E-state index in [1.165, 1.54) is 118 Å². The van der Waals surface area contributed by atoms with Crippen LogP contribution >= 0.6 is 0 Å². The Balaban J connectivity index is 0.962. The first-order valence-electron chi connectivity index (χ1n) is 22.7. The second-order valence-electron chi connectivity index (χ2n) is 17.4. The van der Waals surface area contributed by atoms with Crippen molar-refractivity contribution in [3.63, 3.8) is 0 Å². The third kappa shape index (κ3) is 5.66. The molecule has 0 atom stereocenters. The summed E-state index contributed by atoms with van der Waals surface area (Å²) < 4.78 is 9.33. The van der Waals surface area contributed by atoms with Crippen molar-refractivity contribution in [3.8, 4) is 55.6 Å². The number of benzene rings is 12. The van der Waals surface area contributed by atoms with Crippen LogP contribution in [-0.2, 0) is 0 Å². The van der Waals surface area contributed by atoms with Crippen molar-refractivity contribution in [2.24, 2.45) is 0 Å². The van der Waals surface area contributed by atoms with Crippen molar-refractivity contribution < 1.29 is 4.42 Å². The first-order valence-corrected chi connectivity index (χ1v) is 24.4. The third-order valence-electron chi connectivity index (χ3n) is 13.8. The van der Waals surface area contributed by atoms with Crippen LogP contribution in [0.15, 0.2) is 235 Å². The van der Waals surface area contributed by atoms with E-state index in [2.05, 4.69) is 231 Å². The van der Waals surface area contributed by atoms with Crippen molar-refractivity contribution >= 4 is 98.8 Å². The molecule has 0 saturated carbocycles. The fourth-order valence-electron chi connectivity index (χ4n) is 11.0. The quantitative estimate of drug-likeness (QED) is 0.124. The standard InChI is InChI=1S/C64H38OSe/c1-3-16-39(17-4-1)41-31-34-57-55(36-41)56-37-42(32-35-58(56)65-57)61-45-20-7-9-22-47(45)62(48-23-10-8-21-46(48)61)43-30-33-44-53-28-15-29-54(64(53)66-59(44)38-43)63-51-26-13-11-24-49(51)60(40-18-5-2-6-19-40)50-25-12-14-27-52(50)63/h1-38H. The fourth-order valence-corrected chi connectivity index (χ4v) is 13.6. The van der Waals surface area contributed by atoms with Crippen molar-refractivity contribution in [2.45, 2.75) is 0 Å². The zero-order valence-electron chi connectivity index (χ0n) is 35.8. The predicted molar refractivity (Wildman–Crippen MR) is 283 cm³/mol. The van der Waals surface area contributed by atoms with Crippen LogP contribution in [-0.4, -0.2) is 14.5 Å². The van der Waals surface area contributed by atoms with Crippen LogP contribution in [0.2, 0.25) is 0 Å². The molecule has 0 aliphatic carbocycles. The van der Waals surface area contributed by atoms with E-state index >= 15 is 0 Å². The van der Waals surface area contributed by atoms with E-state index in [-0.39, 0.29) is 14.5 Å². The van der Waals surface area contributed by atoms with E-state index < -0.39 is 0 Å². The Bertz CT molecular complexity index is 4160. The average molecular weight is 902 g/mol. The fraction of sp³-hybridized carbons (Fsp3) is 0. The molecule has 14 rings (SSSR count). The molecule has 0 fully saturated rings. The summed E-state index contributed by atoms with van der Waals surface area (Å²) in [5, 5.41) is 15.2. The molecule has 0 radical (unpaired) electrons. The van der Waals surface area contributed by atoms with Crippen molar-refractivity contribution in [3.05, 3.63) is 231 Å². The van der Waals surface area contributed by atoms with Gasteiger partial charge in [0.1, 0.15) is 0 Å². The summed E-state index contributed by atoms with van der Waals surface area (Å²) in [7, 11) is 0. The van der Waals surface area contributed by atoms with Gasteiger partial charge in [-0.1, -0.05) is 36.4 Å². The van der Waals surface area contributed by atoms with E-state index in [4.69, 9.17) is 4.42 Å². The van der Waals surface area contributed by atoms with Crippen molar-refractivity contribution in [1.29, 1.82) is 0 Å². The smallest absolute Gasteiger partial charge is 0.0617 e. The van der Waals surface area contributed by atoms with Crippen LogP contribution in [0.1, 0.15) is 0 Å². The maximum absolute atomic E-state index is 6.44. The molecule has 0 spiro atoms. The number of hydrogen-bond donors (Lipinski definition) is 0. The SMILES string of the molecule is c1ccc(-c2ccc3oc4ccc(-c5c6ccccc6c(-c6ccc7c(c6)[se]c6c(-c8c9ccccc9c(-c9ccccc9)c9ccccc89)cccc67)c6ccccc56)cc4c3c2)cc1. The van der Waals surface area contributed by atoms with Crippen LogP contribution in [0.25, 0.3) is 140 Å². The summed E-state index contributed by atoms with van der Waals surface area (Å²) in [5.74, 6) is 0. The molecule has 0 N–H and O–H groups in total. The Morgan fingerprint density at radius 2 is 0.652 bits per heavy atom. The Labute approximate surface area is 387 Å². The van der Waals surface area contributed by atoms with Gasteiger partial charge in [0.25, 0.3) is 0 Å². The van der Waals surface area contributed by atoms with Crippen LogP contribution in [0.4, 0.5) is 0 Å². The van der Waals surface area contributed by atoms with Gasteiger partial charge in [-0.05, 0) is 17.2 Å². The summed E-state index contributed by atoms with van der Waals surface area (Å²) >= 11 is 0.0896. The van der Waals surface area contributed by atoms with Gasteiger partial charge in [0, 0.05) is 0 Å². The minimum atomic E-state index is 0.0896. The average Bonchev–Trinajstić information content (AvgIpc) is 3.95. The number of fused-ring (bicyclic) bond motifs is 10. The first kappa shape index (κ1) is 37.4. The molecule has 66 heavy (non-hydrogen) atoms. The zero-order chi connectivity index (χ0) is 43.3. The van der Waals surface area contributed by atoms with Gasteiger partial charge in [-0.3, -0.25) is 0 Å².